The van der Waals surface area contributed by atoms with E-state index in [1.54, 1.807) is 4.90 Å². The van der Waals surface area contributed by atoms with Gasteiger partial charge >= 0.3 is 11.8 Å². The van der Waals surface area contributed by atoms with Crippen LogP contribution in [0.3, 0.4) is 0 Å². The Labute approximate surface area is 122 Å². The molecule has 2 rings (SSSR count). The van der Waals surface area contributed by atoms with E-state index in [0.717, 1.165) is 25.7 Å². The van der Waals surface area contributed by atoms with E-state index >= 15 is 0 Å². The van der Waals surface area contributed by atoms with Crippen molar-refractivity contribution in [2.45, 2.75) is 25.7 Å². The molecule has 0 atom stereocenters. The second-order valence-corrected chi connectivity index (χ2v) is 4.97. The maximum Gasteiger partial charge on any atom is 0.313 e. The lowest BCUT2D eigenvalue weighted by atomic mass is 10.2. The number of carbonyl (C=O) groups excluding carboxylic acids is 2. The van der Waals surface area contributed by atoms with Crippen LogP contribution >= 0.6 is 0 Å². The summed E-state index contributed by atoms with van der Waals surface area (Å²) in [5.41, 5.74) is 0.118. The number of nitrogens with one attached hydrogen (secondary N) is 1. The van der Waals surface area contributed by atoms with Gasteiger partial charge in [-0.1, -0.05) is 18.9 Å². The number of hydrogen-bond acceptors (Lipinski definition) is 4. The fourth-order valence-corrected chi connectivity index (χ4v) is 2.30. The van der Waals surface area contributed by atoms with Crippen LogP contribution in [0.2, 0.25) is 0 Å². The van der Waals surface area contributed by atoms with Crippen LogP contribution in [0.25, 0.3) is 0 Å². The summed E-state index contributed by atoms with van der Waals surface area (Å²) in [5, 5.41) is 13.1. The van der Waals surface area contributed by atoms with E-state index in [1.807, 2.05) is 0 Å². The van der Waals surface area contributed by atoms with Crippen molar-refractivity contribution in [3.8, 4) is 0 Å². The molecule has 0 bridgehead atoms. The fourth-order valence-electron chi connectivity index (χ4n) is 2.30. The van der Waals surface area contributed by atoms with Crippen LogP contribution < -0.4 is 5.32 Å². The smallest absolute Gasteiger partial charge is 0.313 e. The third-order valence-electron chi connectivity index (χ3n) is 3.40. The molecule has 0 aromatic heterocycles. The molecule has 1 fully saturated rings. The van der Waals surface area contributed by atoms with Crippen LogP contribution in [0, 0.1) is 10.1 Å². The molecule has 2 amide bonds. The van der Waals surface area contributed by atoms with Crippen molar-refractivity contribution >= 4 is 23.2 Å². The molecule has 0 spiro atoms. The van der Waals surface area contributed by atoms with Gasteiger partial charge in [0.2, 0.25) is 0 Å². The third-order valence-corrected chi connectivity index (χ3v) is 3.40. The van der Waals surface area contributed by atoms with Crippen molar-refractivity contribution < 1.29 is 14.5 Å². The standard InChI is InChI=1S/C14H17N3O4/c18-13(14(19)16-8-3-1-2-4-9-16)15-11-6-5-7-12(10-11)17(20)21/h5-7,10H,1-4,8-9H2,(H,15,18). The summed E-state index contributed by atoms with van der Waals surface area (Å²) in [5.74, 6) is -1.33. The largest absolute Gasteiger partial charge is 0.334 e. The number of amides is 2. The average molecular weight is 291 g/mol. The monoisotopic (exact) mass is 291 g/mol. The predicted molar refractivity (Wildman–Crippen MR) is 76.8 cm³/mol. The van der Waals surface area contributed by atoms with Gasteiger partial charge in [-0.3, -0.25) is 19.7 Å². The number of non-ortho nitro benzene ring substituents is 1. The minimum Gasteiger partial charge on any atom is -0.334 e. The van der Waals surface area contributed by atoms with Gasteiger partial charge in [0.05, 0.1) is 4.92 Å². The van der Waals surface area contributed by atoms with Crippen LogP contribution in [-0.4, -0.2) is 34.7 Å². The topological polar surface area (TPSA) is 92.5 Å². The van der Waals surface area contributed by atoms with E-state index in [1.165, 1.54) is 24.3 Å². The normalized spacial score (nSPS) is 15.1. The van der Waals surface area contributed by atoms with Crippen molar-refractivity contribution in [1.29, 1.82) is 0 Å². The number of benzene rings is 1. The van der Waals surface area contributed by atoms with Crippen molar-refractivity contribution in [3.05, 3.63) is 34.4 Å². The number of carbonyl (C=O) groups is 2. The van der Waals surface area contributed by atoms with Crippen molar-refractivity contribution in [2.24, 2.45) is 0 Å². The number of likely N-dealkylation sites (tertiary alicyclic amines) is 1. The van der Waals surface area contributed by atoms with E-state index in [9.17, 15) is 19.7 Å². The van der Waals surface area contributed by atoms with Crippen molar-refractivity contribution in [1.82, 2.24) is 4.90 Å². The number of nitro groups is 1. The first-order chi connectivity index (χ1) is 10.1. The Kier molecular flexibility index (Phi) is 4.86. The molecule has 0 radical (unpaired) electrons. The maximum absolute atomic E-state index is 12.1. The van der Waals surface area contributed by atoms with Gasteiger partial charge in [-0.15, -0.1) is 0 Å². The van der Waals surface area contributed by atoms with E-state index in [2.05, 4.69) is 5.32 Å². The fraction of sp³-hybridized carbons (Fsp3) is 0.429. The summed E-state index contributed by atoms with van der Waals surface area (Å²) in [6, 6.07) is 5.53. The number of anilines is 1. The Balaban J connectivity index is 2.01. The van der Waals surface area contributed by atoms with Crippen molar-refractivity contribution in [2.75, 3.05) is 18.4 Å². The molecule has 0 saturated carbocycles. The molecule has 1 N–H and O–H groups in total. The zero-order chi connectivity index (χ0) is 15.2. The molecule has 112 valence electrons. The number of nitro benzene ring substituents is 1. The quantitative estimate of drug-likeness (QED) is 0.512. The molecule has 0 unspecified atom stereocenters. The second-order valence-electron chi connectivity index (χ2n) is 4.97. The molecule has 1 aliphatic heterocycles. The van der Waals surface area contributed by atoms with Gasteiger partial charge < -0.3 is 10.2 Å². The summed E-state index contributed by atoms with van der Waals surface area (Å²) >= 11 is 0. The van der Waals surface area contributed by atoms with Gasteiger partial charge in [-0.05, 0) is 18.9 Å². The first kappa shape index (κ1) is 15.0. The number of hydrogen-bond donors (Lipinski definition) is 1. The lowest BCUT2D eigenvalue weighted by molar-refractivity contribution is -0.384. The first-order valence-electron chi connectivity index (χ1n) is 6.92. The summed E-state index contributed by atoms with van der Waals surface area (Å²) in [7, 11) is 0. The maximum atomic E-state index is 12.1. The van der Waals surface area contributed by atoms with E-state index in [4.69, 9.17) is 0 Å². The van der Waals surface area contributed by atoms with E-state index in [0.29, 0.717) is 13.1 Å². The zero-order valence-electron chi connectivity index (χ0n) is 11.6. The Morgan fingerprint density at radius 3 is 2.43 bits per heavy atom. The first-order valence-corrected chi connectivity index (χ1v) is 6.92. The highest BCUT2D eigenvalue weighted by Gasteiger charge is 2.23. The van der Waals surface area contributed by atoms with Gasteiger partial charge in [0.25, 0.3) is 5.69 Å². The molecular formula is C14H17N3O4. The number of rotatable bonds is 2. The van der Waals surface area contributed by atoms with Gasteiger partial charge in [0.15, 0.2) is 0 Å². The summed E-state index contributed by atoms with van der Waals surface area (Å²) < 4.78 is 0. The zero-order valence-corrected chi connectivity index (χ0v) is 11.6. The minimum absolute atomic E-state index is 0.130. The molecule has 1 heterocycles. The second kappa shape index (κ2) is 6.83. The predicted octanol–water partition coefficient (Wildman–Crippen LogP) is 1.94. The lowest BCUT2D eigenvalue weighted by Gasteiger charge is -2.19. The summed E-state index contributed by atoms with van der Waals surface area (Å²) in [6.07, 6.45) is 3.93. The van der Waals surface area contributed by atoms with Gasteiger partial charge in [-0.25, -0.2) is 0 Å². The summed E-state index contributed by atoms with van der Waals surface area (Å²) in [4.78, 5) is 35.7. The Hall–Kier alpha value is -2.44. The Morgan fingerprint density at radius 2 is 1.81 bits per heavy atom. The highest BCUT2D eigenvalue weighted by atomic mass is 16.6. The molecule has 1 saturated heterocycles. The molecule has 7 nitrogen and oxygen atoms in total. The lowest BCUT2D eigenvalue weighted by Crippen LogP contribution is -2.40. The van der Waals surface area contributed by atoms with Gasteiger partial charge in [0.1, 0.15) is 0 Å². The van der Waals surface area contributed by atoms with Crippen LogP contribution in [0.5, 0.6) is 0 Å². The number of nitrogens with zero attached hydrogens (tertiary/aromatic N) is 2. The summed E-state index contributed by atoms with van der Waals surface area (Å²) in [6.45, 7) is 1.17. The van der Waals surface area contributed by atoms with Gasteiger partial charge in [0, 0.05) is 30.9 Å². The molecular weight excluding hydrogens is 274 g/mol. The molecule has 0 aliphatic carbocycles. The highest BCUT2D eigenvalue weighted by molar-refractivity contribution is 6.39. The van der Waals surface area contributed by atoms with Crippen molar-refractivity contribution in [3.63, 3.8) is 0 Å². The van der Waals surface area contributed by atoms with Gasteiger partial charge in [-0.2, -0.15) is 0 Å². The Morgan fingerprint density at radius 1 is 1.14 bits per heavy atom. The Bertz CT molecular complexity index is 551. The molecule has 21 heavy (non-hydrogen) atoms. The van der Waals surface area contributed by atoms with Crippen LogP contribution in [0.15, 0.2) is 24.3 Å². The highest BCUT2D eigenvalue weighted by Crippen LogP contribution is 2.17. The molecule has 1 aromatic rings. The van der Waals surface area contributed by atoms with Crippen LogP contribution in [0.1, 0.15) is 25.7 Å². The molecule has 1 aromatic carbocycles. The average Bonchev–Trinajstić information content (AvgIpc) is 2.75. The van der Waals surface area contributed by atoms with Crippen LogP contribution in [0.4, 0.5) is 11.4 Å². The third kappa shape index (κ3) is 4.01. The molecule has 7 heteroatoms. The SMILES string of the molecule is O=C(Nc1cccc([N+](=O)[O-])c1)C(=O)N1CCCCCC1. The van der Waals surface area contributed by atoms with E-state index < -0.39 is 16.7 Å². The minimum atomic E-state index is -0.752. The van der Waals surface area contributed by atoms with E-state index in [-0.39, 0.29) is 11.4 Å². The van der Waals surface area contributed by atoms with Crippen LogP contribution in [-0.2, 0) is 9.59 Å². The molecule has 1 aliphatic rings.